The van der Waals surface area contributed by atoms with Crippen LogP contribution in [0.3, 0.4) is 0 Å². The number of nitrogens with two attached hydrogens (primary N) is 1. The maximum Gasteiger partial charge on any atom is 0.0136 e. The maximum atomic E-state index is 5.86. The summed E-state index contributed by atoms with van der Waals surface area (Å²) in [6, 6.07) is 0.917. The van der Waals surface area contributed by atoms with Crippen molar-refractivity contribution in [3.63, 3.8) is 0 Å². The fourth-order valence-corrected chi connectivity index (χ4v) is 5.58. The van der Waals surface area contributed by atoms with Gasteiger partial charge in [0, 0.05) is 6.04 Å². The van der Waals surface area contributed by atoms with Gasteiger partial charge in [-0.15, -0.1) is 0 Å². The minimum atomic E-state index is 0.817. The summed E-state index contributed by atoms with van der Waals surface area (Å²) >= 11 is 0. The standard InChI is InChI=1S/C15H26N2/c16-7-11-2-1-3-12(11)8-17-15-13-9-4-5-10(6-9)14(13)15/h9-15,17H,1-8,16H2. The molecule has 0 aromatic carbocycles. The van der Waals surface area contributed by atoms with Crippen molar-refractivity contribution in [3.05, 3.63) is 0 Å². The molecule has 0 heterocycles. The lowest BCUT2D eigenvalue weighted by Crippen LogP contribution is -2.32. The molecule has 4 saturated carbocycles. The molecule has 0 aromatic rings. The van der Waals surface area contributed by atoms with Crippen LogP contribution in [0.2, 0.25) is 0 Å². The Balaban J connectivity index is 1.30. The van der Waals surface area contributed by atoms with Crippen LogP contribution in [0.25, 0.3) is 0 Å². The van der Waals surface area contributed by atoms with Gasteiger partial charge in [0.15, 0.2) is 0 Å². The number of nitrogens with one attached hydrogen (secondary N) is 1. The highest BCUT2D eigenvalue weighted by Crippen LogP contribution is 2.65. The predicted molar refractivity (Wildman–Crippen MR) is 69.5 cm³/mol. The second-order valence-corrected chi connectivity index (χ2v) is 7.11. The van der Waals surface area contributed by atoms with Crippen LogP contribution in [-0.4, -0.2) is 19.1 Å². The van der Waals surface area contributed by atoms with Crippen LogP contribution in [-0.2, 0) is 0 Å². The molecule has 4 aliphatic rings. The summed E-state index contributed by atoms with van der Waals surface area (Å²) in [6.07, 6.45) is 8.87. The molecule has 0 radical (unpaired) electrons. The van der Waals surface area contributed by atoms with Gasteiger partial charge >= 0.3 is 0 Å². The Kier molecular flexibility index (Phi) is 2.52. The number of rotatable bonds is 4. The number of hydrogen-bond donors (Lipinski definition) is 2. The van der Waals surface area contributed by atoms with Gasteiger partial charge in [-0.1, -0.05) is 6.42 Å². The maximum absolute atomic E-state index is 5.86. The Labute approximate surface area is 105 Å². The van der Waals surface area contributed by atoms with Gasteiger partial charge in [-0.05, 0) is 80.7 Å². The number of fused-ring (bicyclic) bond motifs is 5. The molecule has 0 spiro atoms. The summed E-state index contributed by atoms with van der Waals surface area (Å²) in [6.45, 7) is 2.17. The van der Waals surface area contributed by atoms with Gasteiger partial charge in [0.05, 0.1) is 0 Å². The van der Waals surface area contributed by atoms with Crippen LogP contribution in [0.15, 0.2) is 0 Å². The average Bonchev–Trinajstić information content (AvgIpc) is 2.80. The fourth-order valence-electron chi connectivity index (χ4n) is 5.58. The van der Waals surface area contributed by atoms with Crippen molar-refractivity contribution < 1.29 is 0 Å². The second-order valence-electron chi connectivity index (χ2n) is 7.11. The molecule has 0 aromatic heterocycles. The summed E-state index contributed by atoms with van der Waals surface area (Å²) in [4.78, 5) is 0. The first-order valence-electron chi connectivity index (χ1n) is 7.82. The molecule has 2 bridgehead atoms. The van der Waals surface area contributed by atoms with Crippen LogP contribution in [0, 0.1) is 35.5 Å². The first kappa shape index (κ1) is 10.8. The highest BCUT2D eigenvalue weighted by atomic mass is 15.0. The summed E-state index contributed by atoms with van der Waals surface area (Å²) in [5.74, 6) is 6.10. The molecule has 0 aliphatic heterocycles. The summed E-state index contributed by atoms with van der Waals surface area (Å²) < 4.78 is 0. The first-order valence-corrected chi connectivity index (χ1v) is 7.82. The second kappa shape index (κ2) is 3.96. The van der Waals surface area contributed by atoms with Crippen molar-refractivity contribution >= 4 is 0 Å². The van der Waals surface area contributed by atoms with E-state index in [0.29, 0.717) is 0 Å². The van der Waals surface area contributed by atoms with Crippen molar-refractivity contribution in [2.75, 3.05) is 13.1 Å². The zero-order valence-electron chi connectivity index (χ0n) is 10.8. The van der Waals surface area contributed by atoms with Gasteiger partial charge in [-0.3, -0.25) is 0 Å². The van der Waals surface area contributed by atoms with Crippen molar-refractivity contribution in [1.82, 2.24) is 5.32 Å². The number of hydrogen-bond acceptors (Lipinski definition) is 2. The smallest absolute Gasteiger partial charge is 0.0136 e. The minimum absolute atomic E-state index is 0.817. The SMILES string of the molecule is NCC1CCCC1CNC1C2C3CCC(C3)C12. The van der Waals surface area contributed by atoms with E-state index >= 15 is 0 Å². The Morgan fingerprint density at radius 2 is 1.65 bits per heavy atom. The van der Waals surface area contributed by atoms with E-state index < -0.39 is 0 Å². The molecule has 4 fully saturated rings. The zero-order valence-corrected chi connectivity index (χ0v) is 10.8. The van der Waals surface area contributed by atoms with Crippen LogP contribution in [0.5, 0.6) is 0 Å². The molecule has 96 valence electrons. The van der Waals surface area contributed by atoms with E-state index in [0.717, 1.165) is 48.1 Å². The van der Waals surface area contributed by atoms with E-state index in [1.807, 2.05) is 0 Å². The lowest BCUT2D eigenvalue weighted by molar-refractivity contribution is 0.355. The lowest BCUT2D eigenvalue weighted by atomic mass is 9.96. The Morgan fingerprint density at radius 1 is 0.941 bits per heavy atom. The molecule has 6 unspecified atom stereocenters. The van der Waals surface area contributed by atoms with Crippen molar-refractivity contribution in [1.29, 1.82) is 0 Å². The zero-order chi connectivity index (χ0) is 11.4. The normalized spacial score (nSPS) is 55.2. The third-order valence-corrected chi connectivity index (χ3v) is 6.47. The van der Waals surface area contributed by atoms with E-state index in [1.54, 1.807) is 19.3 Å². The summed E-state index contributed by atoms with van der Waals surface area (Å²) in [5, 5.41) is 3.91. The summed E-state index contributed by atoms with van der Waals surface area (Å²) in [5.41, 5.74) is 5.86. The van der Waals surface area contributed by atoms with E-state index in [1.165, 1.54) is 25.8 Å². The average molecular weight is 234 g/mol. The first-order chi connectivity index (χ1) is 8.38. The van der Waals surface area contributed by atoms with E-state index in [9.17, 15) is 0 Å². The molecular weight excluding hydrogens is 208 g/mol. The fraction of sp³-hybridized carbons (Fsp3) is 1.00. The van der Waals surface area contributed by atoms with Gasteiger partial charge in [0.1, 0.15) is 0 Å². The van der Waals surface area contributed by atoms with Crippen molar-refractivity contribution in [3.8, 4) is 0 Å². The largest absolute Gasteiger partial charge is 0.330 e. The molecule has 6 atom stereocenters. The van der Waals surface area contributed by atoms with Crippen LogP contribution < -0.4 is 11.1 Å². The van der Waals surface area contributed by atoms with Gasteiger partial charge in [-0.2, -0.15) is 0 Å². The van der Waals surface area contributed by atoms with Gasteiger partial charge in [-0.25, -0.2) is 0 Å². The molecule has 3 N–H and O–H groups in total. The minimum Gasteiger partial charge on any atom is -0.330 e. The molecule has 4 aliphatic carbocycles. The monoisotopic (exact) mass is 234 g/mol. The quantitative estimate of drug-likeness (QED) is 0.781. The van der Waals surface area contributed by atoms with E-state index in [-0.39, 0.29) is 0 Å². The molecule has 17 heavy (non-hydrogen) atoms. The highest BCUT2D eigenvalue weighted by Gasteiger charge is 2.64. The van der Waals surface area contributed by atoms with Crippen molar-refractivity contribution in [2.24, 2.45) is 41.2 Å². The van der Waals surface area contributed by atoms with Crippen molar-refractivity contribution in [2.45, 2.75) is 44.6 Å². The molecule has 4 rings (SSSR count). The Bertz CT molecular complexity index is 287. The Morgan fingerprint density at radius 3 is 2.35 bits per heavy atom. The predicted octanol–water partition coefficient (Wildman–Crippen LogP) is 2.00. The van der Waals surface area contributed by atoms with Crippen LogP contribution in [0.1, 0.15) is 38.5 Å². The third kappa shape index (κ3) is 1.60. The Hall–Kier alpha value is -0.0800. The van der Waals surface area contributed by atoms with E-state index in [4.69, 9.17) is 5.73 Å². The van der Waals surface area contributed by atoms with E-state index in [2.05, 4.69) is 5.32 Å². The van der Waals surface area contributed by atoms with Crippen LogP contribution in [0.4, 0.5) is 0 Å². The molecule has 2 heteroatoms. The van der Waals surface area contributed by atoms with Crippen LogP contribution >= 0.6 is 0 Å². The molecule has 0 amide bonds. The lowest BCUT2D eigenvalue weighted by Gasteiger charge is -2.19. The van der Waals surface area contributed by atoms with Gasteiger partial charge in [0.25, 0.3) is 0 Å². The van der Waals surface area contributed by atoms with Gasteiger partial charge in [0.2, 0.25) is 0 Å². The molecule has 2 nitrogen and oxygen atoms in total. The van der Waals surface area contributed by atoms with Gasteiger partial charge < -0.3 is 11.1 Å². The summed E-state index contributed by atoms with van der Waals surface area (Å²) in [7, 11) is 0. The molecular formula is C15H26N2. The highest BCUT2D eigenvalue weighted by molar-refractivity contribution is 5.16. The topological polar surface area (TPSA) is 38.0 Å². The molecule has 0 saturated heterocycles. The third-order valence-electron chi connectivity index (χ3n) is 6.47.